The van der Waals surface area contributed by atoms with Crippen LogP contribution in [0.25, 0.3) is 6.08 Å². The first-order chi connectivity index (χ1) is 16.9. The fraction of sp³-hybridized carbons (Fsp3) is 0.385. The van der Waals surface area contributed by atoms with Crippen molar-refractivity contribution in [3.05, 3.63) is 70.0 Å². The van der Waals surface area contributed by atoms with E-state index < -0.39 is 0 Å². The third-order valence-electron chi connectivity index (χ3n) is 5.83. The summed E-state index contributed by atoms with van der Waals surface area (Å²) in [6.07, 6.45) is 8.00. The summed E-state index contributed by atoms with van der Waals surface area (Å²) >= 11 is 11.9. The summed E-state index contributed by atoms with van der Waals surface area (Å²) in [5.74, 6) is -0.512. The lowest BCUT2D eigenvalue weighted by Gasteiger charge is -2.32. The standard InChI is InChI=1S/C26H31Cl2FN4O2/c27-23-9-7-19(17-24(23)28)8-10-25(34)30-13-2-1-3-14-33-15-11-21(12-16-33)31-26(35)32-22-6-4-5-20(29)18-22/h4-10,17-18,21H,1-3,11-16H2,(H,30,34)(H2,31,32,35)/b10-8+. The van der Waals surface area contributed by atoms with Crippen molar-refractivity contribution < 1.29 is 14.0 Å². The Hall–Kier alpha value is -2.61. The van der Waals surface area contributed by atoms with Gasteiger partial charge in [0.1, 0.15) is 5.82 Å². The van der Waals surface area contributed by atoms with E-state index in [-0.39, 0.29) is 23.8 Å². The molecule has 3 amide bonds. The number of halogens is 3. The molecule has 3 rings (SSSR count). The van der Waals surface area contributed by atoms with Crippen molar-refractivity contribution >= 4 is 46.9 Å². The molecule has 0 unspecified atom stereocenters. The molecule has 0 bridgehead atoms. The molecule has 188 valence electrons. The molecule has 1 heterocycles. The number of urea groups is 1. The van der Waals surface area contributed by atoms with Crippen LogP contribution >= 0.6 is 23.2 Å². The molecule has 35 heavy (non-hydrogen) atoms. The molecule has 0 atom stereocenters. The Kier molecular flexibility index (Phi) is 10.8. The zero-order valence-electron chi connectivity index (χ0n) is 19.5. The van der Waals surface area contributed by atoms with Crippen LogP contribution in [-0.2, 0) is 4.79 Å². The van der Waals surface area contributed by atoms with Crippen molar-refractivity contribution in [3.8, 4) is 0 Å². The molecule has 6 nitrogen and oxygen atoms in total. The molecular weight excluding hydrogens is 490 g/mol. The van der Waals surface area contributed by atoms with Crippen molar-refractivity contribution in [1.82, 2.24) is 15.5 Å². The Labute approximate surface area is 215 Å². The highest BCUT2D eigenvalue weighted by Gasteiger charge is 2.20. The van der Waals surface area contributed by atoms with Gasteiger partial charge in [-0.25, -0.2) is 9.18 Å². The van der Waals surface area contributed by atoms with Gasteiger partial charge in [-0.1, -0.05) is 41.8 Å². The number of piperidine rings is 1. The van der Waals surface area contributed by atoms with Gasteiger partial charge < -0.3 is 20.9 Å². The van der Waals surface area contributed by atoms with Crippen molar-refractivity contribution in [2.45, 2.75) is 38.1 Å². The van der Waals surface area contributed by atoms with Gasteiger partial charge in [0.2, 0.25) is 5.91 Å². The predicted molar refractivity (Wildman–Crippen MR) is 140 cm³/mol. The second kappa shape index (κ2) is 14.1. The van der Waals surface area contributed by atoms with Gasteiger partial charge in [-0.05, 0) is 74.2 Å². The first kappa shape index (κ1) is 27.0. The lowest BCUT2D eigenvalue weighted by molar-refractivity contribution is -0.116. The quantitative estimate of drug-likeness (QED) is 0.277. The highest BCUT2D eigenvalue weighted by molar-refractivity contribution is 6.42. The highest BCUT2D eigenvalue weighted by atomic mass is 35.5. The van der Waals surface area contributed by atoms with E-state index in [1.54, 1.807) is 36.4 Å². The Morgan fingerprint density at radius 2 is 1.83 bits per heavy atom. The van der Waals surface area contributed by atoms with Crippen LogP contribution < -0.4 is 16.0 Å². The van der Waals surface area contributed by atoms with Crippen molar-refractivity contribution in [2.24, 2.45) is 0 Å². The number of benzene rings is 2. The van der Waals surface area contributed by atoms with Crippen LogP contribution in [0.15, 0.2) is 48.5 Å². The summed E-state index contributed by atoms with van der Waals surface area (Å²) in [6, 6.07) is 10.9. The number of amides is 3. The smallest absolute Gasteiger partial charge is 0.319 e. The van der Waals surface area contributed by atoms with E-state index in [9.17, 15) is 14.0 Å². The normalized spacial score (nSPS) is 14.7. The largest absolute Gasteiger partial charge is 0.353 e. The molecule has 2 aromatic carbocycles. The van der Waals surface area contributed by atoms with Crippen molar-refractivity contribution in [1.29, 1.82) is 0 Å². The molecule has 0 radical (unpaired) electrons. The number of hydrogen-bond acceptors (Lipinski definition) is 3. The first-order valence-corrected chi connectivity index (χ1v) is 12.6. The summed E-state index contributed by atoms with van der Waals surface area (Å²) in [4.78, 5) is 26.5. The molecular formula is C26H31Cl2FN4O2. The molecule has 1 fully saturated rings. The van der Waals surface area contributed by atoms with Crippen LogP contribution in [0.2, 0.25) is 10.0 Å². The van der Waals surface area contributed by atoms with Gasteiger partial charge in [-0.2, -0.15) is 0 Å². The zero-order chi connectivity index (χ0) is 25.0. The van der Waals surface area contributed by atoms with E-state index >= 15 is 0 Å². The number of likely N-dealkylation sites (tertiary alicyclic amines) is 1. The second-order valence-electron chi connectivity index (χ2n) is 8.58. The number of nitrogens with one attached hydrogen (secondary N) is 3. The van der Waals surface area contributed by atoms with Gasteiger partial charge >= 0.3 is 6.03 Å². The molecule has 0 aliphatic carbocycles. The molecule has 0 saturated carbocycles. The maximum absolute atomic E-state index is 13.2. The van der Waals surface area contributed by atoms with E-state index in [1.807, 2.05) is 0 Å². The molecule has 0 aromatic heterocycles. The van der Waals surface area contributed by atoms with Crippen LogP contribution in [0.4, 0.5) is 14.9 Å². The van der Waals surface area contributed by atoms with Crippen LogP contribution in [0.3, 0.4) is 0 Å². The average Bonchev–Trinajstić information content (AvgIpc) is 2.83. The van der Waals surface area contributed by atoms with Crippen LogP contribution in [-0.4, -0.2) is 49.1 Å². The van der Waals surface area contributed by atoms with Gasteiger partial charge in [0.15, 0.2) is 0 Å². The molecule has 1 saturated heterocycles. The zero-order valence-corrected chi connectivity index (χ0v) is 21.0. The average molecular weight is 521 g/mol. The topological polar surface area (TPSA) is 73.5 Å². The minimum Gasteiger partial charge on any atom is -0.353 e. The number of unbranched alkanes of at least 4 members (excludes halogenated alkanes) is 2. The summed E-state index contributed by atoms with van der Waals surface area (Å²) < 4.78 is 13.2. The third-order valence-corrected chi connectivity index (χ3v) is 6.57. The van der Waals surface area contributed by atoms with E-state index in [2.05, 4.69) is 20.9 Å². The minimum absolute atomic E-state index is 0.118. The van der Waals surface area contributed by atoms with Gasteiger partial charge in [-0.3, -0.25) is 4.79 Å². The summed E-state index contributed by atoms with van der Waals surface area (Å²) in [7, 11) is 0. The van der Waals surface area contributed by atoms with Gasteiger partial charge in [0, 0.05) is 37.4 Å². The van der Waals surface area contributed by atoms with Crippen LogP contribution in [0.1, 0.15) is 37.7 Å². The van der Waals surface area contributed by atoms with E-state index in [0.717, 1.165) is 57.3 Å². The number of rotatable bonds is 10. The van der Waals surface area contributed by atoms with Gasteiger partial charge in [0.25, 0.3) is 0 Å². The fourth-order valence-electron chi connectivity index (χ4n) is 3.92. The summed E-state index contributed by atoms with van der Waals surface area (Å²) in [5, 5.41) is 9.49. The van der Waals surface area contributed by atoms with Crippen LogP contribution in [0.5, 0.6) is 0 Å². The Balaban J connectivity index is 1.22. The fourth-order valence-corrected chi connectivity index (χ4v) is 4.22. The van der Waals surface area contributed by atoms with Gasteiger partial charge in [-0.15, -0.1) is 0 Å². The summed E-state index contributed by atoms with van der Waals surface area (Å²) in [5.41, 5.74) is 1.26. The maximum atomic E-state index is 13.2. The molecule has 9 heteroatoms. The molecule has 3 N–H and O–H groups in total. The Morgan fingerprint density at radius 1 is 1.03 bits per heavy atom. The minimum atomic E-state index is -0.379. The van der Waals surface area contributed by atoms with Crippen LogP contribution in [0, 0.1) is 5.82 Å². The number of hydrogen-bond donors (Lipinski definition) is 3. The number of anilines is 1. The SMILES string of the molecule is O=C(/C=C/c1ccc(Cl)c(Cl)c1)NCCCCCN1CCC(NC(=O)Nc2cccc(F)c2)CC1. The third kappa shape index (κ3) is 9.88. The lowest BCUT2D eigenvalue weighted by Crippen LogP contribution is -2.46. The van der Waals surface area contributed by atoms with E-state index in [0.29, 0.717) is 22.3 Å². The highest BCUT2D eigenvalue weighted by Crippen LogP contribution is 2.23. The molecule has 0 spiro atoms. The van der Waals surface area contributed by atoms with Gasteiger partial charge in [0.05, 0.1) is 10.0 Å². The van der Waals surface area contributed by atoms with E-state index in [1.165, 1.54) is 18.2 Å². The summed E-state index contributed by atoms with van der Waals surface area (Å²) in [6.45, 7) is 3.51. The molecule has 1 aliphatic heterocycles. The van der Waals surface area contributed by atoms with Crippen molar-refractivity contribution in [2.75, 3.05) is 31.5 Å². The van der Waals surface area contributed by atoms with Crippen molar-refractivity contribution in [3.63, 3.8) is 0 Å². The number of carbonyl (C=O) groups is 2. The monoisotopic (exact) mass is 520 g/mol. The Morgan fingerprint density at radius 3 is 2.57 bits per heavy atom. The molecule has 1 aliphatic rings. The maximum Gasteiger partial charge on any atom is 0.319 e. The predicted octanol–water partition coefficient (Wildman–Crippen LogP) is 5.72. The first-order valence-electron chi connectivity index (χ1n) is 11.9. The second-order valence-corrected chi connectivity index (χ2v) is 9.40. The molecule has 2 aromatic rings. The van der Waals surface area contributed by atoms with E-state index in [4.69, 9.17) is 23.2 Å². The number of nitrogens with zero attached hydrogens (tertiary/aromatic N) is 1. The Bertz CT molecular complexity index is 1030. The lowest BCUT2D eigenvalue weighted by atomic mass is 10.0. The number of carbonyl (C=O) groups excluding carboxylic acids is 2.